The summed E-state index contributed by atoms with van der Waals surface area (Å²) in [7, 11) is 0. The number of anilines is 1. The van der Waals surface area contributed by atoms with Gasteiger partial charge in [-0.05, 0) is 56.3 Å². The van der Waals surface area contributed by atoms with Crippen LogP contribution in [0.5, 0.6) is 0 Å². The Balaban J connectivity index is 1.65. The molecule has 3 nitrogen and oxygen atoms in total. The predicted molar refractivity (Wildman–Crippen MR) is 82.1 cm³/mol. The average Bonchev–Trinajstić information content (AvgIpc) is 2.51. The minimum atomic E-state index is 0.480. The van der Waals surface area contributed by atoms with E-state index in [9.17, 15) is 4.79 Å². The topological polar surface area (TPSA) is 23.6 Å². The molecule has 1 aromatic rings. The SMILES string of the molecule is O=CCN1CCC2(CCCN(c3ccccc3)C2)CC1. The van der Waals surface area contributed by atoms with Crippen molar-refractivity contribution in [2.45, 2.75) is 25.7 Å². The van der Waals surface area contributed by atoms with Gasteiger partial charge in [-0.25, -0.2) is 0 Å². The number of benzene rings is 1. The molecule has 2 saturated heterocycles. The Morgan fingerprint density at radius 2 is 1.80 bits per heavy atom. The lowest BCUT2D eigenvalue weighted by atomic mass is 9.72. The molecule has 0 saturated carbocycles. The highest BCUT2D eigenvalue weighted by molar-refractivity contribution is 5.52. The number of likely N-dealkylation sites (tertiary alicyclic amines) is 1. The highest BCUT2D eigenvalue weighted by atomic mass is 16.1. The lowest BCUT2D eigenvalue weighted by Crippen LogP contribution is -2.49. The third-order valence-electron chi connectivity index (χ3n) is 5.03. The van der Waals surface area contributed by atoms with E-state index < -0.39 is 0 Å². The summed E-state index contributed by atoms with van der Waals surface area (Å²) in [4.78, 5) is 15.5. The van der Waals surface area contributed by atoms with E-state index in [0.717, 1.165) is 19.4 Å². The summed E-state index contributed by atoms with van der Waals surface area (Å²) < 4.78 is 0. The van der Waals surface area contributed by atoms with E-state index in [4.69, 9.17) is 0 Å². The number of aldehydes is 1. The van der Waals surface area contributed by atoms with Gasteiger partial charge in [0.05, 0.1) is 6.54 Å². The number of carbonyl (C=O) groups is 1. The molecule has 20 heavy (non-hydrogen) atoms. The molecule has 2 aliphatic heterocycles. The summed E-state index contributed by atoms with van der Waals surface area (Å²) in [6, 6.07) is 10.8. The number of hydrogen-bond acceptors (Lipinski definition) is 3. The van der Waals surface area contributed by atoms with Gasteiger partial charge in [0.15, 0.2) is 0 Å². The van der Waals surface area contributed by atoms with Crippen molar-refractivity contribution in [1.82, 2.24) is 4.90 Å². The second-order valence-electron chi connectivity index (χ2n) is 6.33. The second kappa shape index (κ2) is 5.96. The molecule has 0 N–H and O–H groups in total. The first-order valence-corrected chi connectivity index (χ1v) is 7.77. The molecule has 0 aromatic heterocycles. The lowest BCUT2D eigenvalue weighted by Gasteiger charge is -2.48. The first kappa shape index (κ1) is 13.6. The minimum absolute atomic E-state index is 0.480. The maximum atomic E-state index is 10.6. The predicted octanol–water partition coefficient (Wildman–Crippen LogP) is 2.57. The summed E-state index contributed by atoms with van der Waals surface area (Å²) in [6.07, 6.45) is 6.16. The summed E-state index contributed by atoms with van der Waals surface area (Å²) >= 11 is 0. The first-order chi connectivity index (χ1) is 9.81. The van der Waals surface area contributed by atoms with Crippen LogP contribution in [0.15, 0.2) is 30.3 Å². The number of rotatable bonds is 3. The largest absolute Gasteiger partial charge is 0.371 e. The van der Waals surface area contributed by atoms with Crippen LogP contribution in [0.2, 0.25) is 0 Å². The molecule has 3 rings (SSSR count). The van der Waals surface area contributed by atoms with Crippen LogP contribution >= 0.6 is 0 Å². The Labute approximate surface area is 121 Å². The van der Waals surface area contributed by atoms with Gasteiger partial charge < -0.3 is 9.69 Å². The zero-order valence-corrected chi connectivity index (χ0v) is 12.1. The minimum Gasteiger partial charge on any atom is -0.371 e. The van der Waals surface area contributed by atoms with E-state index >= 15 is 0 Å². The molecule has 1 aromatic carbocycles. The molecule has 0 amide bonds. The van der Waals surface area contributed by atoms with Crippen LogP contribution < -0.4 is 4.90 Å². The zero-order valence-electron chi connectivity index (χ0n) is 12.1. The fraction of sp³-hybridized carbons (Fsp3) is 0.588. The van der Waals surface area contributed by atoms with Crippen molar-refractivity contribution in [2.75, 3.05) is 37.6 Å². The monoisotopic (exact) mass is 272 g/mol. The summed E-state index contributed by atoms with van der Waals surface area (Å²) in [6.45, 7) is 5.15. The molecule has 0 atom stereocenters. The molecule has 2 aliphatic rings. The molecule has 0 bridgehead atoms. The lowest BCUT2D eigenvalue weighted by molar-refractivity contribution is -0.109. The Morgan fingerprint density at radius 3 is 2.50 bits per heavy atom. The van der Waals surface area contributed by atoms with Gasteiger partial charge in [0.1, 0.15) is 6.29 Å². The van der Waals surface area contributed by atoms with Crippen LogP contribution in [-0.2, 0) is 4.79 Å². The van der Waals surface area contributed by atoms with Crippen molar-refractivity contribution in [3.63, 3.8) is 0 Å². The van der Waals surface area contributed by atoms with Gasteiger partial charge in [-0.3, -0.25) is 4.90 Å². The molecule has 2 fully saturated rings. The van der Waals surface area contributed by atoms with Crippen LogP contribution in [0.4, 0.5) is 5.69 Å². The van der Waals surface area contributed by atoms with E-state index in [1.165, 1.54) is 44.5 Å². The van der Waals surface area contributed by atoms with Gasteiger partial charge >= 0.3 is 0 Å². The van der Waals surface area contributed by atoms with Crippen LogP contribution in [-0.4, -0.2) is 43.9 Å². The second-order valence-corrected chi connectivity index (χ2v) is 6.33. The van der Waals surface area contributed by atoms with Crippen molar-refractivity contribution in [2.24, 2.45) is 5.41 Å². The first-order valence-electron chi connectivity index (χ1n) is 7.77. The quantitative estimate of drug-likeness (QED) is 0.790. The van der Waals surface area contributed by atoms with E-state index in [1.54, 1.807) is 0 Å². The average molecular weight is 272 g/mol. The number of piperidine rings is 2. The van der Waals surface area contributed by atoms with E-state index in [-0.39, 0.29) is 0 Å². The summed E-state index contributed by atoms with van der Waals surface area (Å²) in [5, 5.41) is 0. The third kappa shape index (κ3) is 2.88. The van der Waals surface area contributed by atoms with Gasteiger partial charge in [-0.15, -0.1) is 0 Å². The highest BCUT2D eigenvalue weighted by Crippen LogP contribution is 2.40. The van der Waals surface area contributed by atoms with Crippen LogP contribution in [0.1, 0.15) is 25.7 Å². The molecule has 0 radical (unpaired) electrons. The number of carbonyl (C=O) groups excluding carboxylic acids is 1. The van der Waals surface area contributed by atoms with Crippen molar-refractivity contribution in [3.05, 3.63) is 30.3 Å². The summed E-state index contributed by atoms with van der Waals surface area (Å²) in [5.41, 5.74) is 1.84. The van der Waals surface area contributed by atoms with Crippen molar-refractivity contribution in [3.8, 4) is 0 Å². The maximum Gasteiger partial charge on any atom is 0.133 e. The number of para-hydroxylation sites is 1. The van der Waals surface area contributed by atoms with Gasteiger partial charge in [0, 0.05) is 18.8 Å². The Bertz CT molecular complexity index is 438. The van der Waals surface area contributed by atoms with Crippen molar-refractivity contribution < 1.29 is 4.79 Å². The Morgan fingerprint density at radius 1 is 1.05 bits per heavy atom. The van der Waals surface area contributed by atoms with Gasteiger partial charge in [-0.2, -0.15) is 0 Å². The normalized spacial score (nSPS) is 22.9. The molecule has 0 aliphatic carbocycles. The third-order valence-corrected chi connectivity index (χ3v) is 5.03. The van der Waals surface area contributed by atoms with Crippen molar-refractivity contribution >= 4 is 12.0 Å². The highest BCUT2D eigenvalue weighted by Gasteiger charge is 2.38. The Kier molecular flexibility index (Phi) is 4.06. The summed E-state index contributed by atoms with van der Waals surface area (Å²) in [5.74, 6) is 0. The molecule has 0 unspecified atom stereocenters. The fourth-order valence-corrected chi connectivity index (χ4v) is 3.79. The van der Waals surface area contributed by atoms with E-state index in [2.05, 4.69) is 40.1 Å². The van der Waals surface area contributed by atoms with Gasteiger partial charge in [0.2, 0.25) is 0 Å². The number of hydrogen-bond donors (Lipinski definition) is 0. The van der Waals surface area contributed by atoms with E-state index in [0.29, 0.717) is 12.0 Å². The number of nitrogens with zero attached hydrogens (tertiary/aromatic N) is 2. The smallest absolute Gasteiger partial charge is 0.133 e. The zero-order chi connectivity index (χ0) is 13.8. The molecular formula is C17H24N2O. The Hall–Kier alpha value is -1.35. The molecule has 3 heteroatoms. The molecule has 2 heterocycles. The van der Waals surface area contributed by atoms with Crippen LogP contribution in [0, 0.1) is 5.41 Å². The van der Waals surface area contributed by atoms with Gasteiger partial charge in [-0.1, -0.05) is 18.2 Å². The van der Waals surface area contributed by atoms with Crippen molar-refractivity contribution in [1.29, 1.82) is 0 Å². The standard InChI is InChI=1S/C17H24N2O/c20-14-13-18-11-8-17(9-12-18)7-4-10-19(15-17)16-5-2-1-3-6-16/h1-3,5-6,14H,4,7-13,15H2. The van der Waals surface area contributed by atoms with Gasteiger partial charge in [0.25, 0.3) is 0 Å². The molecular weight excluding hydrogens is 248 g/mol. The fourth-order valence-electron chi connectivity index (χ4n) is 3.79. The maximum absolute atomic E-state index is 10.6. The van der Waals surface area contributed by atoms with Crippen LogP contribution in [0.3, 0.4) is 0 Å². The van der Waals surface area contributed by atoms with E-state index in [1.807, 2.05) is 0 Å². The molecule has 108 valence electrons. The molecule has 1 spiro atoms. The van der Waals surface area contributed by atoms with Crippen LogP contribution in [0.25, 0.3) is 0 Å².